The Morgan fingerprint density at radius 1 is 0.338 bits per heavy atom. The second kappa shape index (κ2) is 14.5. The summed E-state index contributed by atoms with van der Waals surface area (Å²) in [5, 5.41) is 0. The van der Waals surface area contributed by atoms with Gasteiger partial charge in [-0.2, -0.15) is 0 Å². The molecular weight excluding hydrogens is 783 g/mol. The van der Waals surface area contributed by atoms with Gasteiger partial charge in [0.25, 0.3) is 0 Å². The predicted octanol–water partition coefficient (Wildman–Crippen LogP) is 17.1. The van der Waals surface area contributed by atoms with Crippen LogP contribution in [0.15, 0.2) is 188 Å². The molecule has 0 aromatic heterocycles. The van der Waals surface area contributed by atoms with Crippen molar-refractivity contribution in [1.29, 1.82) is 0 Å². The maximum atomic E-state index is 2.53. The highest BCUT2D eigenvalue weighted by Gasteiger charge is 2.61. The van der Waals surface area contributed by atoms with E-state index in [1.165, 1.54) is 126 Å². The summed E-state index contributed by atoms with van der Waals surface area (Å²) in [4.78, 5) is 2.47. The van der Waals surface area contributed by atoms with Gasteiger partial charge >= 0.3 is 0 Å². The van der Waals surface area contributed by atoms with Gasteiger partial charge in [0.05, 0.1) is 0 Å². The van der Waals surface area contributed by atoms with E-state index in [0.717, 1.165) is 35.0 Å². The van der Waals surface area contributed by atoms with Gasteiger partial charge in [0, 0.05) is 27.9 Å². The number of anilines is 3. The van der Waals surface area contributed by atoms with Gasteiger partial charge in [-0.25, -0.2) is 0 Å². The number of nitrogens with zero attached hydrogens (tertiary/aromatic N) is 1. The summed E-state index contributed by atoms with van der Waals surface area (Å²) in [6.07, 6.45) is 13.5. The summed E-state index contributed by atoms with van der Waals surface area (Å²) in [5.74, 6) is 3.36. The summed E-state index contributed by atoms with van der Waals surface area (Å²) in [7, 11) is 0. The van der Waals surface area contributed by atoms with Crippen LogP contribution in [0.4, 0.5) is 17.1 Å². The molecule has 1 heteroatoms. The Kier molecular flexibility index (Phi) is 8.47. The fourth-order valence-corrected chi connectivity index (χ4v) is 15.4. The fraction of sp³-hybridized carbons (Fsp3) is 0.250. The number of benzene rings is 8. The second-order valence-corrected chi connectivity index (χ2v) is 20.7. The van der Waals surface area contributed by atoms with Crippen molar-refractivity contribution in [3.8, 4) is 55.6 Å². The zero-order chi connectivity index (χ0) is 42.7. The molecule has 5 fully saturated rings. The first-order chi connectivity index (χ1) is 32.2. The molecule has 65 heavy (non-hydrogen) atoms. The van der Waals surface area contributed by atoms with Crippen molar-refractivity contribution < 1.29 is 0 Å². The second-order valence-electron chi connectivity index (χ2n) is 20.7. The predicted molar refractivity (Wildman–Crippen MR) is 270 cm³/mol. The lowest BCUT2D eigenvalue weighted by molar-refractivity contribution is -0.0399. The first-order valence-corrected chi connectivity index (χ1v) is 24.8. The lowest BCUT2D eigenvalue weighted by atomic mass is 9.43. The first kappa shape index (κ1) is 37.9. The van der Waals surface area contributed by atoms with Gasteiger partial charge in [-0.3, -0.25) is 0 Å². The number of fused-ring (bicyclic) bond motifs is 8. The summed E-state index contributed by atoms with van der Waals surface area (Å²) in [6, 6.07) is 72.1. The van der Waals surface area contributed by atoms with Crippen molar-refractivity contribution in [2.45, 2.75) is 75.0 Å². The van der Waals surface area contributed by atoms with Crippen LogP contribution in [0, 0.1) is 23.7 Å². The quantitative estimate of drug-likeness (QED) is 0.161. The third kappa shape index (κ3) is 5.51. The van der Waals surface area contributed by atoms with Crippen LogP contribution < -0.4 is 4.90 Å². The van der Waals surface area contributed by atoms with Gasteiger partial charge in [0.15, 0.2) is 0 Å². The molecule has 0 unspecified atom stereocenters. The third-order valence-corrected chi connectivity index (χ3v) is 17.7. The molecule has 0 N–H and O–H groups in total. The molecule has 316 valence electrons. The Bertz CT molecular complexity index is 3100. The smallest absolute Gasteiger partial charge is 0.0467 e. The molecular formula is C64H55N. The average molecular weight is 838 g/mol. The number of hydrogen-bond donors (Lipinski definition) is 0. The molecule has 0 atom stereocenters. The molecule has 15 rings (SSSR count). The minimum absolute atomic E-state index is 0.144. The van der Waals surface area contributed by atoms with E-state index in [2.05, 4.69) is 193 Å². The van der Waals surface area contributed by atoms with E-state index < -0.39 is 0 Å². The molecule has 1 nitrogen and oxygen atoms in total. The molecule has 0 aliphatic heterocycles. The van der Waals surface area contributed by atoms with E-state index in [0.29, 0.717) is 0 Å². The summed E-state index contributed by atoms with van der Waals surface area (Å²) in [6.45, 7) is 0. The van der Waals surface area contributed by atoms with Crippen molar-refractivity contribution in [3.05, 3.63) is 210 Å². The molecule has 4 bridgehead atoms. The van der Waals surface area contributed by atoms with Gasteiger partial charge in [0.2, 0.25) is 0 Å². The van der Waals surface area contributed by atoms with Crippen LogP contribution in [0.3, 0.4) is 0 Å². The number of rotatable bonds is 6. The Morgan fingerprint density at radius 3 is 1.52 bits per heavy atom. The van der Waals surface area contributed by atoms with Crippen molar-refractivity contribution in [2.24, 2.45) is 23.7 Å². The lowest BCUT2D eigenvalue weighted by Crippen LogP contribution is -2.55. The monoisotopic (exact) mass is 837 g/mol. The molecule has 7 aliphatic carbocycles. The standard InChI is InChI=1S/C64H55N/c1-3-14-44(15-4-1)45-26-30-50(31-27-45)65(51-32-28-46(29-33-51)53-20-12-24-59-61(53)55-18-5-7-22-57(55)63(59)34-9-2-10-35-63)52-17-11-16-47(41-52)54-21-13-25-60-62(54)56-19-6-8-23-58(56)64(60)48-37-42-36-43(39-48)40-49(64)38-42/h1,3-8,11-33,41-43,48-49H,2,9-10,34-40H2/t42-,43?,48-,49+,64+. The maximum absolute atomic E-state index is 2.53. The minimum atomic E-state index is 0.144. The Morgan fingerprint density at radius 2 is 0.831 bits per heavy atom. The van der Waals surface area contributed by atoms with E-state index in [1.54, 1.807) is 22.3 Å². The van der Waals surface area contributed by atoms with E-state index in [4.69, 9.17) is 0 Å². The van der Waals surface area contributed by atoms with Crippen LogP contribution in [0.1, 0.15) is 86.5 Å². The van der Waals surface area contributed by atoms with E-state index in [9.17, 15) is 0 Å². The van der Waals surface area contributed by atoms with Crippen LogP contribution in [-0.2, 0) is 10.8 Å². The molecule has 2 spiro atoms. The van der Waals surface area contributed by atoms with Gasteiger partial charge in [-0.15, -0.1) is 0 Å². The highest BCUT2D eigenvalue weighted by Crippen LogP contribution is 2.70. The minimum Gasteiger partial charge on any atom is -0.310 e. The van der Waals surface area contributed by atoms with Crippen molar-refractivity contribution in [2.75, 3.05) is 4.90 Å². The van der Waals surface area contributed by atoms with E-state index in [1.807, 2.05) is 0 Å². The molecule has 0 amide bonds. The van der Waals surface area contributed by atoms with Crippen LogP contribution >= 0.6 is 0 Å². The van der Waals surface area contributed by atoms with Crippen molar-refractivity contribution in [3.63, 3.8) is 0 Å². The van der Waals surface area contributed by atoms with Gasteiger partial charge in [-0.1, -0.05) is 171 Å². The topological polar surface area (TPSA) is 3.24 Å². The van der Waals surface area contributed by atoms with Crippen LogP contribution in [0.2, 0.25) is 0 Å². The number of hydrogen-bond acceptors (Lipinski definition) is 1. The Hall–Kier alpha value is -6.44. The van der Waals surface area contributed by atoms with Crippen molar-refractivity contribution in [1.82, 2.24) is 0 Å². The Labute approximate surface area is 384 Å². The normalized spacial score (nSPS) is 23.6. The first-order valence-electron chi connectivity index (χ1n) is 24.8. The lowest BCUT2D eigenvalue weighted by Gasteiger charge is -2.61. The summed E-state index contributed by atoms with van der Waals surface area (Å²) >= 11 is 0. The van der Waals surface area contributed by atoms with E-state index >= 15 is 0 Å². The van der Waals surface area contributed by atoms with Crippen molar-refractivity contribution >= 4 is 17.1 Å². The summed E-state index contributed by atoms with van der Waals surface area (Å²) in [5.41, 5.74) is 23.7. The SMILES string of the molecule is c1ccc(-c2ccc(N(c3ccc(-c4cccc5c4-c4ccccc4C54CCCCC4)cc3)c3cccc(-c4cccc5c4-c4ccccc4[C@]54[C@@H]5CC6C[C@@H](C5)C[C@@H]4C6)c3)cc2)cc1. The highest BCUT2D eigenvalue weighted by atomic mass is 15.1. The molecule has 0 heterocycles. The highest BCUT2D eigenvalue weighted by molar-refractivity contribution is 5.96. The molecule has 0 saturated heterocycles. The Balaban J connectivity index is 0.890. The van der Waals surface area contributed by atoms with E-state index in [-0.39, 0.29) is 10.8 Å². The molecule has 5 saturated carbocycles. The zero-order valence-electron chi connectivity index (χ0n) is 37.2. The summed E-state index contributed by atoms with van der Waals surface area (Å²) < 4.78 is 0. The van der Waals surface area contributed by atoms with Crippen LogP contribution in [0.25, 0.3) is 55.6 Å². The largest absolute Gasteiger partial charge is 0.310 e. The fourth-order valence-electron chi connectivity index (χ4n) is 15.4. The average Bonchev–Trinajstić information content (AvgIpc) is 3.81. The molecule has 0 radical (unpaired) electrons. The maximum Gasteiger partial charge on any atom is 0.0467 e. The van der Waals surface area contributed by atoms with Gasteiger partial charge in [0.1, 0.15) is 0 Å². The van der Waals surface area contributed by atoms with Crippen LogP contribution in [0.5, 0.6) is 0 Å². The van der Waals surface area contributed by atoms with Gasteiger partial charge in [-0.05, 0) is 183 Å². The third-order valence-electron chi connectivity index (χ3n) is 17.7. The zero-order valence-corrected chi connectivity index (χ0v) is 37.2. The molecule has 7 aliphatic rings. The molecule has 8 aromatic rings. The van der Waals surface area contributed by atoms with Gasteiger partial charge < -0.3 is 4.90 Å². The van der Waals surface area contributed by atoms with Crippen LogP contribution in [-0.4, -0.2) is 0 Å². The molecule has 8 aromatic carbocycles.